The molecule has 0 bridgehead atoms. The van der Waals surface area contributed by atoms with Gasteiger partial charge in [0, 0.05) is 17.7 Å². The summed E-state index contributed by atoms with van der Waals surface area (Å²) in [7, 11) is 0. The number of aryl methyl sites for hydroxylation is 1. The van der Waals surface area contributed by atoms with E-state index in [1.807, 2.05) is 25.1 Å². The number of benzene rings is 1. The van der Waals surface area contributed by atoms with Crippen molar-refractivity contribution in [3.63, 3.8) is 0 Å². The molecule has 0 spiro atoms. The first-order valence-electron chi connectivity index (χ1n) is 6.24. The minimum absolute atomic E-state index is 0.351. The number of aromatic nitrogens is 2. The van der Waals surface area contributed by atoms with E-state index in [0.717, 1.165) is 15.8 Å². The average Bonchev–Trinajstić information content (AvgIpc) is 2.37. The predicted molar refractivity (Wildman–Crippen MR) is 80.5 cm³/mol. The summed E-state index contributed by atoms with van der Waals surface area (Å²) >= 11 is 3.44. The number of ether oxygens (including phenoxy) is 1. The third kappa shape index (κ3) is 3.19. The fraction of sp³-hybridized carbons (Fsp3) is 0.286. The van der Waals surface area contributed by atoms with Gasteiger partial charge >= 0.3 is 5.69 Å². The second-order valence-electron chi connectivity index (χ2n) is 4.39. The molecular formula is C14H15BrN2O3. The zero-order chi connectivity index (χ0) is 14.7. The van der Waals surface area contributed by atoms with Crippen LogP contribution in [-0.2, 0) is 6.42 Å². The van der Waals surface area contributed by atoms with Crippen LogP contribution in [-0.4, -0.2) is 16.6 Å². The maximum atomic E-state index is 11.8. The lowest BCUT2D eigenvalue weighted by Crippen LogP contribution is -2.27. The molecule has 0 aliphatic carbocycles. The van der Waals surface area contributed by atoms with Crippen LogP contribution in [0.4, 0.5) is 0 Å². The molecule has 106 valence electrons. The monoisotopic (exact) mass is 338 g/mol. The summed E-state index contributed by atoms with van der Waals surface area (Å²) in [4.78, 5) is 27.8. The minimum Gasteiger partial charge on any atom is -0.493 e. The van der Waals surface area contributed by atoms with E-state index in [1.54, 1.807) is 6.92 Å². The van der Waals surface area contributed by atoms with Crippen molar-refractivity contribution < 1.29 is 4.74 Å². The van der Waals surface area contributed by atoms with Gasteiger partial charge in [0.1, 0.15) is 5.75 Å². The summed E-state index contributed by atoms with van der Waals surface area (Å²) in [6.07, 6.45) is 0.447. The molecule has 2 rings (SSSR count). The van der Waals surface area contributed by atoms with Gasteiger partial charge in [0.25, 0.3) is 5.56 Å². The highest BCUT2D eigenvalue weighted by Gasteiger charge is 2.09. The molecule has 1 aromatic carbocycles. The normalized spacial score (nSPS) is 10.6. The third-order valence-corrected chi connectivity index (χ3v) is 3.55. The van der Waals surface area contributed by atoms with E-state index < -0.39 is 5.69 Å². The van der Waals surface area contributed by atoms with Crippen molar-refractivity contribution in [2.45, 2.75) is 20.3 Å². The third-order valence-electron chi connectivity index (χ3n) is 2.93. The second-order valence-corrected chi connectivity index (χ2v) is 5.24. The van der Waals surface area contributed by atoms with Crippen molar-refractivity contribution in [1.29, 1.82) is 0 Å². The van der Waals surface area contributed by atoms with Crippen LogP contribution < -0.4 is 16.0 Å². The van der Waals surface area contributed by atoms with E-state index >= 15 is 0 Å². The number of nitrogens with one attached hydrogen (secondary N) is 2. The Balaban J connectivity index is 2.34. The summed E-state index contributed by atoms with van der Waals surface area (Å²) in [6.45, 7) is 4.23. The van der Waals surface area contributed by atoms with Crippen LogP contribution in [0.3, 0.4) is 0 Å². The Morgan fingerprint density at radius 1 is 1.25 bits per heavy atom. The van der Waals surface area contributed by atoms with E-state index in [1.165, 1.54) is 0 Å². The predicted octanol–water partition coefficient (Wildman–Crippen LogP) is 2.12. The van der Waals surface area contributed by atoms with Gasteiger partial charge in [-0.25, -0.2) is 4.79 Å². The highest BCUT2D eigenvalue weighted by Crippen LogP contribution is 2.26. The summed E-state index contributed by atoms with van der Waals surface area (Å²) in [5.41, 5.74) is 1.27. The van der Waals surface area contributed by atoms with Crippen molar-refractivity contribution in [2.24, 2.45) is 0 Å². The van der Waals surface area contributed by atoms with Crippen LogP contribution in [0.25, 0.3) is 0 Å². The average molecular weight is 339 g/mol. The molecule has 0 saturated carbocycles. The van der Waals surface area contributed by atoms with E-state index in [-0.39, 0.29) is 5.56 Å². The van der Waals surface area contributed by atoms with Crippen molar-refractivity contribution >= 4 is 15.9 Å². The van der Waals surface area contributed by atoms with Crippen LogP contribution in [0.5, 0.6) is 5.75 Å². The number of rotatable bonds is 4. The molecule has 0 atom stereocenters. The Hall–Kier alpha value is -1.82. The van der Waals surface area contributed by atoms with Gasteiger partial charge in [0.15, 0.2) is 0 Å². The Morgan fingerprint density at radius 3 is 2.60 bits per heavy atom. The van der Waals surface area contributed by atoms with Crippen molar-refractivity contribution in [3.05, 3.63) is 60.3 Å². The standard InChI is InChI=1S/C14H15BrN2O3/c1-3-20-12-5-4-9(7-11(12)15)6-10-8(2)16-14(19)17-13(10)18/h4-5,7H,3,6H2,1-2H3,(H2,16,17,18,19). The first-order valence-corrected chi connectivity index (χ1v) is 7.04. The van der Waals surface area contributed by atoms with Gasteiger partial charge in [-0.05, 0) is 47.5 Å². The van der Waals surface area contributed by atoms with Gasteiger partial charge in [-0.3, -0.25) is 9.78 Å². The van der Waals surface area contributed by atoms with Gasteiger partial charge in [-0.15, -0.1) is 0 Å². The van der Waals surface area contributed by atoms with Crippen LogP contribution in [0, 0.1) is 6.92 Å². The highest BCUT2D eigenvalue weighted by atomic mass is 79.9. The summed E-state index contributed by atoms with van der Waals surface area (Å²) in [5, 5.41) is 0. The van der Waals surface area contributed by atoms with Gasteiger partial charge in [-0.1, -0.05) is 6.07 Å². The Bertz CT molecular complexity index is 734. The molecule has 5 nitrogen and oxygen atoms in total. The van der Waals surface area contributed by atoms with Crippen LogP contribution in [0.1, 0.15) is 23.7 Å². The maximum absolute atomic E-state index is 11.8. The quantitative estimate of drug-likeness (QED) is 0.896. The lowest BCUT2D eigenvalue weighted by Gasteiger charge is -2.09. The molecule has 0 unspecified atom stereocenters. The molecule has 1 aromatic heterocycles. The Kier molecular flexibility index (Phi) is 4.44. The molecule has 0 fully saturated rings. The maximum Gasteiger partial charge on any atom is 0.325 e. The van der Waals surface area contributed by atoms with Crippen molar-refractivity contribution in [1.82, 2.24) is 9.97 Å². The molecule has 0 saturated heterocycles. The number of halogens is 1. The fourth-order valence-corrected chi connectivity index (χ4v) is 2.51. The van der Waals surface area contributed by atoms with Crippen LogP contribution in [0.15, 0.2) is 32.3 Å². The molecule has 0 aliphatic rings. The molecule has 20 heavy (non-hydrogen) atoms. The highest BCUT2D eigenvalue weighted by molar-refractivity contribution is 9.10. The second kappa shape index (κ2) is 6.09. The number of hydrogen-bond acceptors (Lipinski definition) is 3. The van der Waals surface area contributed by atoms with E-state index in [4.69, 9.17) is 4.74 Å². The zero-order valence-corrected chi connectivity index (χ0v) is 12.8. The molecular weight excluding hydrogens is 324 g/mol. The van der Waals surface area contributed by atoms with Gasteiger partial charge in [0.05, 0.1) is 11.1 Å². The van der Waals surface area contributed by atoms with Crippen molar-refractivity contribution in [2.75, 3.05) is 6.61 Å². The SMILES string of the molecule is CCOc1ccc(Cc2c(C)[nH]c(=O)[nH]c2=O)cc1Br. The molecule has 2 aromatic rings. The molecule has 0 radical (unpaired) electrons. The molecule has 0 aliphatic heterocycles. The largest absolute Gasteiger partial charge is 0.493 e. The first kappa shape index (κ1) is 14.6. The minimum atomic E-state index is -0.482. The number of aromatic amines is 2. The fourth-order valence-electron chi connectivity index (χ4n) is 1.97. The molecule has 6 heteroatoms. The summed E-state index contributed by atoms with van der Waals surface area (Å²) in [5.74, 6) is 0.767. The smallest absolute Gasteiger partial charge is 0.325 e. The Labute approximate surface area is 124 Å². The molecule has 1 heterocycles. The summed E-state index contributed by atoms with van der Waals surface area (Å²) in [6, 6.07) is 5.67. The van der Waals surface area contributed by atoms with E-state index in [9.17, 15) is 9.59 Å². The first-order chi connectivity index (χ1) is 9.51. The van der Waals surface area contributed by atoms with Crippen LogP contribution >= 0.6 is 15.9 Å². The van der Waals surface area contributed by atoms with Crippen molar-refractivity contribution in [3.8, 4) is 5.75 Å². The van der Waals surface area contributed by atoms with Gasteiger partial charge < -0.3 is 9.72 Å². The van der Waals surface area contributed by atoms with Gasteiger partial charge in [0.2, 0.25) is 0 Å². The number of H-pyrrole nitrogens is 2. The van der Waals surface area contributed by atoms with E-state index in [0.29, 0.717) is 24.3 Å². The molecule has 2 N–H and O–H groups in total. The summed E-state index contributed by atoms with van der Waals surface area (Å²) < 4.78 is 6.29. The Morgan fingerprint density at radius 2 is 2.00 bits per heavy atom. The topological polar surface area (TPSA) is 75.0 Å². The van der Waals surface area contributed by atoms with E-state index in [2.05, 4.69) is 25.9 Å². The zero-order valence-electron chi connectivity index (χ0n) is 11.2. The lowest BCUT2D eigenvalue weighted by atomic mass is 10.1. The molecule has 0 amide bonds. The lowest BCUT2D eigenvalue weighted by molar-refractivity contribution is 0.338. The van der Waals surface area contributed by atoms with Crippen LogP contribution in [0.2, 0.25) is 0 Å². The van der Waals surface area contributed by atoms with Gasteiger partial charge in [-0.2, -0.15) is 0 Å². The number of hydrogen-bond donors (Lipinski definition) is 2.